The van der Waals surface area contributed by atoms with E-state index in [4.69, 9.17) is 4.74 Å². The Kier molecular flexibility index (Phi) is 3.33. The molecule has 4 heteroatoms. The van der Waals surface area contributed by atoms with Crippen LogP contribution in [0.1, 0.15) is 20.3 Å². The molecule has 1 N–H and O–H groups in total. The molecule has 0 saturated carbocycles. The summed E-state index contributed by atoms with van der Waals surface area (Å²) in [5.74, 6) is 0.627. The standard InChI is InChI=1S/C13H17NO3/c1-9(2)17-12-6-4-3-5-11(12)14-8-10(15)7-13(14)16/h3-6,9-10,15H,7-8H2,1-2H3. The Hall–Kier alpha value is -1.55. The predicted molar refractivity (Wildman–Crippen MR) is 65.2 cm³/mol. The molecule has 1 aromatic carbocycles. The van der Waals surface area contributed by atoms with Crippen LogP contribution in [0.4, 0.5) is 5.69 Å². The smallest absolute Gasteiger partial charge is 0.229 e. The SMILES string of the molecule is CC(C)Oc1ccccc1N1CC(O)CC1=O. The van der Waals surface area contributed by atoms with Crippen molar-refractivity contribution in [2.24, 2.45) is 0 Å². The average Bonchev–Trinajstić information content (AvgIpc) is 2.58. The minimum absolute atomic E-state index is 0.0544. The van der Waals surface area contributed by atoms with E-state index in [0.29, 0.717) is 12.3 Å². The molecule has 17 heavy (non-hydrogen) atoms. The number of benzene rings is 1. The second kappa shape index (κ2) is 4.75. The van der Waals surface area contributed by atoms with E-state index in [1.807, 2.05) is 38.1 Å². The van der Waals surface area contributed by atoms with Gasteiger partial charge in [-0.2, -0.15) is 0 Å². The molecule has 1 fully saturated rings. The fourth-order valence-electron chi connectivity index (χ4n) is 1.96. The summed E-state index contributed by atoms with van der Waals surface area (Å²) in [6, 6.07) is 7.42. The number of anilines is 1. The largest absolute Gasteiger partial charge is 0.489 e. The van der Waals surface area contributed by atoms with Crippen molar-refractivity contribution in [3.63, 3.8) is 0 Å². The summed E-state index contributed by atoms with van der Waals surface area (Å²) >= 11 is 0. The van der Waals surface area contributed by atoms with Gasteiger partial charge in [-0.05, 0) is 26.0 Å². The average molecular weight is 235 g/mol. The third kappa shape index (κ3) is 2.58. The fourth-order valence-corrected chi connectivity index (χ4v) is 1.96. The van der Waals surface area contributed by atoms with E-state index in [1.165, 1.54) is 0 Å². The van der Waals surface area contributed by atoms with Crippen molar-refractivity contribution in [3.05, 3.63) is 24.3 Å². The highest BCUT2D eigenvalue weighted by atomic mass is 16.5. The van der Waals surface area contributed by atoms with Crippen molar-refractivity contribution in [1.29, 1.82) is 0 Å². The van der Waals surface area contributed by atoms with E-state index in [-0.39, 0.29) is 18.4 Å². The summed E-state index contributed by atoms with van der Waals surface area (Å²) in [4.78, 5) is 13.3. The number of carbonyl (C=O) groups is 1. The minimum Gasteiger partial charge on any atom is -0.489 e. The molecule has 0 bridgehead atoms. The zero-order valence-electron chi connectivity index (χ0n) is 10.1. The highest BCUT2D eigenvalue weighted by Gasteiger charge is 2.30. The molecule has 1 heterocycles. The number of β-amino-alcohol motifs (C(OH)–C–C–N with tert-alkyl or cyclic N) is 1. The number of amides is 1. The lowest BCUT2D eigenvalue weighted by Gasteiger charge is -2.21. The zero-order chi connectivity index (χ0) is 12.4. The van der Waals surface area contributed by atoms with Crippen LogP contribution in [0.25, 0.3) is 0 Å². The van der Waals surface area contributed by atoms with Crippen LogP contribution in [0, 0.1) is 0 Å². The maximum Gasteiger partial charge on any atom is 0.229 e. The highest BCUT2D eigenvalue weighted by Crippen LogP contribution is 2.31. The van der Waals surface area contributed by atoms with Gasteiger partial charge in [0.15, 0.2) is 0 Å². The number of aliphatic hydroxyl groups excluding tert-OH is 1. The van der Waals surface area contributed by atoms with Crippen molar-refractivity contribution in [1.82, 2.24) is 0 Å². The van der Waals surface area contributed by atoms with Crippen molar-refractivity contribution < 1.29 is 14.6 Å². The van der Waals surface area contributed by atoms with Gasteiger partial charge in [-0.15, -0.1) is 0 Å². The Labute approximate surface area is 101 Å². The first-order valence-corrected chi connectivity index (χ1v) is 5.82. The van der Waals surface area contributed by atoms with Crippen LogP contribution in [0.2, 0.25) is 0 Å². The number of nitrogens with zero attached hydrogens (tertiary/aromatic N) is 1. The van der Waals surface area contributed by atoms with Gasteiger partial charge in [0.1, 0.15) is 5.75 Å². The Balaban J connectivity index is 2.28. The normalized spacial score (nSPS) is 20.1. The molecule has 1 aromatic rings. The Morgan fingerprint density at radius 3 is 2.71 bits per heavy atom. The van der Waals surface area contributed by atoms with Crippen molar-refractivity contribution >= 4 is 11.6 Å². The van der Waals surface area contributed by atoms with Crippen LogP contribution in [-0.2, 0) is 4.79 Å². The number of carbonyl (C=O) groups excluding carboxylic acids is 1. The molecule has 4 nitrogen and oxygen atoms in total. The van der Waals surface area contributed by atoms with Gasteiger partial charge >= 0.3 is 0 Å². The van der Waals surface area contributed by atoms with E-state index in [9.17, 15) is 9.90 Å². The summed E-state index contributed by atoms with van der Waals surface area (Å²) in [7, 11) is 0. The van der Waals surface area contributed by atoms with E-state index in [0.717, 1.165) is 5.69 Å². The van der Waals surface area contributed by atoms with E-state index in [2.05, 4.69) is 0 Å². The maximum absolute atomic E-state index is 11.7. The number of hydrogen-bond acceptors (Lipinski definition) is 3. The molecule has 0 aromatic heterocycles. The summed E-state index contributed by atoms with van der Waals surface area (Å²) in [5.41, 5.74) is 0.739. The second-order valence-corrected chi connectivity index (χ2v) is 4.50. The molecule has 0 aliphatic carbocycles. The van der Waals surface area contributed by atoms with Crippen LogP contribution in [0.3, 0.4) is 0 Å². The lowest BCUT2D eigenvalue weighted by atomic mass is 10.2. The minimum atomic E-state index is -0.574. The molecule has 1 unspecified atom stereocenters. The lowest BCUT2D eigenvalue weighted by molar-refractivity contribution is -0.117. The van der Waals surface area contributed by atoms with Crippen LogP contribution < -0.4 is 9.64 Å². The first-order valence-electron chi connectivity index (χ1n) is 5.82. The molecule has 1 saturated heterocycles. The third-order valence-corrected chi connectivity index (χ3v) is 2.62. The number of ether oxygens (including phenoxy) is 1. The molecular formula is C13H17NO3. The second-order valence-electron chi connectivity index (χ2n) is 4.50. The van der Waals surface area contributed by atoms with Crippen molar-refractivity contribution in [3.8, 4) is 5.75 Å². The monoisotopic (exact) mass is 235 g/mol. The number of aliphatic hydroxyl groups is 1. The van der Waals surface area contributed by atoms with Crippen LogP contribution in [0.5, 0.6) is 5.75 Å². The van der Waals surface area contributed by atoms with E-state index in [1.54, 1.807) is 4.90 Å². The summed E-state index contributed by atoms with van der Waals surface area (Å²) in [6.07, 6.45) is -0.330. The summed E-state index contributed by atoms with van der Waals surface area (Å²) in [6.45, 7) is 4.23. The zero-order valence-corrected chi connectivity index (χ0v) is 10.1. The first kappa shape index (κ1) is 11.9. The third-order valence-electron chi connectivity index (χ3n) is 2.62. The van der Waals surface area contributed by atoms with Crippen molar-refractivity contribution in [2.75, 3.05) is 11.4 Å². The number of rotatable bonds is 3. The molecule has 1 atom stereocenters. The summed E-state index contributed by atoms with van der Waals surface area (Å²) in [5, 5.41) is 9.50. The van der Waals surface area contributed by atoms with Crippen LogP contribution >= 0.6 is 0 Å². The Bertz CT molecular complexity index is 417. The van der Waals surface area contributed by atoms with Crippen molar-refractivity contribution in [2.45, 2.75) is 32.5 Å². The maximum atomic E-state index is 11.7. The van der Waals surface area contributed by atoms with E-state index < -0.39 is 6.10 Å². The number of hydrogen-bond donors (Lipinski definition) is 1. The molecule has 0 spiro atoms. The van der Waals surface area contributed by atoms with Gasteiger partial charge in [-0.3, -0.25) is 4.79 Å². The van der Waals surface area contributed by atoms with Crippen LogP contribution in [-0.4, -0.2) is 29.8 Å². The molecule has 0 radical (unpaired) electrons. The quantitative estimate of drug-likeness (QED) is 0.865. The fraction of sp³-hybridized carbons (Fsp3) is 0.462. The molecule has 92 valence electrons. The Morgan fingerprint density at radius 1 is 1.41 bits per heavy atom. The van der Waals surface area contributed by atoms with E-state index >= 15 is 0 Å². The molecule has 1 aliphatic rings. The van der Waals surface area contributed by atoms with Gasteiger partial charge in [-0.25, -0.2) is 0 Å². The lowest BCUT2D eigenvalue weighted by Crippen LogP contribution is -2.26. The number of para-hydroxylation sites is 2. The van der Waals surface area contributed by atoms with Gasteiger partial charge in [0, 0.05) is 0 Å². The predicted octanol–water partition coefficient (Wildman–Crippen LogP) is 1.57. The van der Waals surface area contributed by atoms with Crippen LogP contribution in [0.15, 0.2) is 24.3 Å². The molecule has 2 rings (SSSR count). The van der Waals surface area contributed by atoms with Gasteiger partial charge in [0.05, 0.1) is 30.9 Å². The molecular weight excluding hydrogens is 218 g/mol. The highest BCUT2D eigenvalue weighted by molar-refractivity contribution is 5.97. The first-order chi connectivity index (χ1) is 8.08. The van der Waals surface area contributed by atoms with Gasteiger partial charge in [-0.1, -0.05) is 12.1 Å². The van der Waals surface area contributed by atoms with Gasteiger partial charge in [0.25, 0.3) is 0 Å². The Morgan fingerprint density at radius 2 is 2.12 bits per heavy atom. The summed E-state index contributed by atoms with van der Waals surface area (Å²) < 4.78 is 5.67. The van der Waals surface area contributed by atoms with Gasteiger partial charge < -0.3 is 14.7 Å². The molecule has 1 amide bonds. The topological polar surface area (TPSA) is 49.8 Å². The van der Waals surface area contributed by atoms with Gasteiger partial charge in [0.2, 0.25) is 5.91 Å². The molecule has 1 aliphatic heterocycles.